The Kier molecular flexibility index (Phi) is 6.36. The van der Waals surface area contributed by atoms with Crippen molar-refractivity contribution in [1.29, 1.82) is 0 Å². The van der Waals surface area contributed by atoms with E-state index in [9.17, 15) is 9.59 Å². The smallest absolute Gasteiger partial charge is 0.280 e. The first-order chi connectivity index (χ1) is 11.9. The summed E-state index contributed by atoms with van der Waals surface area (Å²) in [6.07, 6.45) is 1.62. The molecule has 0 spiro atoms. The summed E-state index contributed by atoms with van der Waals surface area (Å²) in [7, 11) is 3.58. The van der Waals surface area contributed by atoms with E-state index in [1.807, 2.05) is 57.3 Å². The first-order valence-corrected chi connectivity index (χ1v) is 8.33. The number of carbonyl (C=O) groups is 2. The summed E-state index contributed by atoms with van der Waals surface area (Å²) < 4.78 is 5.32. The number of anilines is 1. The van der Waals surface area contributed by atoms with Gasteiger partial charge in [-0.1, -0.05) is 17.7 Å². The van der Waals surface area contributed by atoms with Gasteiger partial charge in [-0.25, -0.2) is 0 Å². The van der Waals surface area contributed by atoms with Gasteiger partial charge in [-0.3, -0.25) is 9.59 Å². The van der Waals surface area contributed by atoms with Crippen molar-refractivity contribution < 1.29 is 18.9 Å². The first kappa shape index (κ1) is 18.7. The SMILES string of the molecule is Cc1ccc(NC(=O)CN(C)C(=O)[C@H](C)[NH+](C)Cc2ccco2)cc1. The van der Waals surface area contributed by atoms with Gasteiger partial charge in [0.15, 0.2) is 11.8 Å². The fraction of sp³-hybridized carbons (Fsp3) is 0.368. The lowest BCUT2D eigenvalue weighted by Crippen LogP contribution is -3.12. The van der Waals surface area contributed by atoms with Gasteiger partial charge in [0.25, 0.3) is 5.91 Å². The van der Waals surface area contributed by atoms with Gasteiger partial charge in [0.05, 0.1) is 19.9 Å². The summed E-state index contributed by atoms with van der Waals surface area (Å²) in [6.45, 7) is 4.48. The highest BCUT2D eigenvalue weighted by Crippen LogP contribution is 2.08. The van der Waals surface area contributed by atoms with Crippen molar-refractivity contribution in [2.24, 2.45) is 0 Å². The Bertz CT molecular complexity index is 695. The minimum Gasteiger partial charge on any atom is -0.463 e. The van der Waals surface area contributed by atoms with Crippen LogP contribution in [-0.2, 0) is 16.1 Å². The number of quaternary nitrogens is 1. The number of benzene rings is 1. The fourth-order valence-electron chi connectivity index (χ4n) is 2.51. The number of carbonyl (C=O) groups excluding carboxylic acids is 2. The highest BCUT2D eigenvalue weighted by atomic mass is 16.3. The van der Waals surface area contributed by atoms with Crippen molar-refractivity contribution >= 4 is 17.5 Å². The monoisotopic (exact) mass is 344 g/mol. The molecule has 0 saturated carbocycles. The third kappa shape index (κ3) is 5.46. The molecule has 2 rings (SSSR count). The van der Waals surface area contributed by atoms with Crippen LogP contribution in [0.15, 0.2) is 47.1 Å². The van der Waals surface area contributed by atoms with Gasteiger partial charge < -0.3 is 19.5 Å². The Balaban J connectivity index is 1.85. The van der Waals surface area contributed by atoms with Crippen LogP contribution in [0.2, 0.25) is 0 Å². The highest BCUT2D eigenvalue weighted by molar-refractivity contribution is 5.94. The Morgan fingerprint density at radius 2 is 1.92 bits per heavy atom. The Hall–Kier alpha value is -2.60. The number of hydrogen-bond donors (Lipinski definition) is 2. The van der Waals surface area contributed by atoms with Crippen LogP contribution in [-0.4, -0.2) is 43.4 Å². The number of rotatable bonds is 7. The Morgan fingerprint density at radius 3 is 2.52 bits per heavy atom. The van der Waals surface area contributed by atoms with Gasteiger partial charge in [0, 0.05) is 12.7 Å². The van der Waals surface area contributed by atoms with Gasteiger partial charge in [-0.15, -0.1) is 0 Å². The zero-order valence-corrected chi connectivity index (χ0v) is 15.2. The Morgan fingerprint density at radius 1 is 1.24 bits per heavy atom. The average Bonchev–Trinajstić information content (AvgIpc) is 3.08. The van der Waals surface area contributed by atoms with Gasteiger partial charge in [-0.2, -0.15) is 0 Å². The van der Waals surface area contributed by atoms with Gasteiger partial charge in [0.1, 0.15) is 6.54 Å². The third-order valence-corrected chi connectivity index (χ3v) is 4.24. The molecule has 25 heavy (non-hydrogen) atoms. The lowest BCUT2D eigenvalue weighted by Gasteiger charge is -2.25. The molecule has 0 bridgehead atoms. The molecular weight excluding hydrogens is 318 g/mol. The first-order valence-electron chi connectivity index (χ1n) is 8.33. The molecule has 0 radical (unpaired) electrons. The standard InChI is InChI=1S/C19H25N3O3/c1-14-7-9-16(10-8-14)20-18(23)13-22(4)19(24)15(2)21(3)12-17-6-5-11-25-17/h5-11,15H,12-13H2,1-4H3,(H,20,23)/p+1/t15-/m0/s1. The van der Waals surface area contributed by atoms with Crippen LogP contribution in [0.4, 0.5) is 5.69 Å². The van der Waals surface area contributed by atoms with E-state index in [4.69, 9.17) is 4.42 Å². The lowest BCUT2D eigenvalue weighted by molar-refractivity contribution is -0.909. The number of likely N-dealkylation sites (N-methyl/N-ethyl adjacent to an activating group) is 2. The van der Waals surface area contributed by atoms with E-state index in [0.29, 0.717) is 6.54 Å². The topological polar surface area (TPSA) is 67.0 Å². The van der Waals surface area contributed by atoms with E-state index in [1.165, 1.54) is 4.90 Å². The molecule has 0 aliphatic rings. The summed E-state index contributed by atoms with van der Waals surface area (Å²) >= 11 is 0. The molecule has 0 fully saturated rings. The molecule has 2 aromatic rings. The molecule has 6 nitrogen and oxygen atoms in total. The van der Waals surface area contributed by atoms with E-state index in [1.54, 1.807) is 13.3 Å². The molecular formula is C19H26N3O3+. The molecule has 6 heteroatoms. The molecule has 2 amide bonds. The number of amides is 2. The molecule has 0 aliphatic heterocycles. The summed E-state index contributed by atoms with van der Waals surface area (Å²) in [5.74, 6) is 0.538. The van der Waals surface area contributed by atoms with Gasteiger partial charge in [0.2, 0.25) is 5.91 Å². The van der Waals surface area contributed by atoms with Crippen LogP contribution in [0.25, 0.3) is 0 Å². The van der Waals surface area contributed by atoms with Crippen molar-refractivity contribution in [3.63, 3.8) is 0 Å². The maximum atomic E-state index is 12.5. The van der Waals surface area contributed by atoms with Crippen molar-refractivity contribution in [3.8, 4) is 0 Å². The van der Waals surface area contributed by atoms with Gasteiger partial charge >= 0.3 is 0 Å². The second-order valence-corrected chi connectivity index (χ2v) is 6.43. The predicted octanol–water partition coefficient (Wildman–Crippen LogP) is 1.09. The number of nitrogens with zero attached hydrogens (tertiary/aromatic N) is 1. The van der Waals surface area contributed by atoms with E-state index in [0.717, 1.165) is 21.9 Å². The second kappa shape index (κ2) is 8.48. The molecule has 0 aliphatic carbocycles. The average molecular weight is 344 g/mol. The molecule has 2 N–H and O–H groups in total. The van der Waals surface area contributed by atoms with Crippen molar-refractivity contribution in [2.75, 3.05) is 26.0 Å². The Labute approximate surface area is 148 Å². The molecule has 1 aromatic carbocycles. The summed E-state index contributed by atoms with van der Waals surface area (Å²) in [5, 5.41) is 2.80. The van der Waals surface area contributed by atoms with Crippen LogP contribution in [0.1, 0.15) is 18.2 Å². The second-order valence-electron chi connectivity index (χ2n) is 6.43. The molecule has 1 aromatic heterocycles. The van der Waals surface area contributed by atoms with Crippen LogP contribution in [0.5, 0.6) is 0 Å². The van der Waals surface area contributed by atoms with Crippen molar-refractivity contribution in [3.05, 3.63) is 54.0 Å². The molecule has 134 valence electrons. The number of aryl methyl sites for hydroxylation is 1. The lowest BCUT2D eigenvalue weighted by atomic mass is 10.2. The van der Waals surface area contributed by atoms with Crippen LogP contribution >= 0.6 is 0 Å². The van der Waals surface area contributed by atoms with E-state index < -0.39 is 0 Å². The normalized spacial score (nSPS) is 13.1. The minimum absolute atomic E-state index is 0.0189. The van der Waals surface area contributed by atoms with Crippen molar-refractivity contribution in [2.45, 2.75) is 26.4 Å². The minimum atomic E-state index is -0.276. The quantitative estimate of drug-likeness (QED) is 0.790. The summed E-state index contributed by atoms with van der Waals surface area (Å²) in [6, 6.07) is 11.0. The molecule has 2 atom stereocenters. The number of hydrogen-bond acceptors (Lipinski definition) is 3. The predicted molar refractivity (Wildman–Crippen MR) is 96.2 cm³/mol. The van der Waals surface area contributed by atoms with E-state index in [2.05, 4.69) is 5.32 Å². The zero-order valence-electron chi connectivity index (χ0n) is 15.2. The molecule has 1 heterocycles. The molecule has 1 unspecified atom stereocenters. The maximum absolute atomic E-state index is 12.5. The number of furan rings is 1. The van der Waals surface area contributed by atoms with Crippen molar-refractivity contribution in [1.82, 2.24) is 4.90 Å². The molecule has 0 saturated heterocycles. The number of nitrogens with one attached hydrogen (secondary N) is 2. The summed E-state index contributed by atoms with van der Waals surface area (Å²) in [5.41, 5.74) is 1.85. The van der Waals surface area contributed by atoms with Crippen LogP contribution < -0.4 is 10.2 Å². The zero-order chi connectivity index (χ0) is 18.4. The van der Waals surface area contributed by atoms with E-state index in [-0.39, 0.29) is 24.4 Å². The van der Waals surface area contributed by atoms with Crippen LogP contribution in [0, 0.1) is 6.92 Å². The van der Waals surface area contributed by atoms with E-state index >= 15 is 0 Å². The van der Waals surface area contributed by atoms with Crippen LogP contribution in [0.3, 0.4) is 0 Å². The summed E-state index contributed by atoms with van der Waals surface area (Å²) in [4.78, 5) is 27.1. The largest absolute Gasteiger partial charge is 0.463 e. The third-order valence-electron chi connectivity index (χ3n) is 4.24. The maximum Gasteiger partial charge on any atom is 0.280 e. The fourth-order valence-corrected chi connectivity index (χ4v) is 2.51. The van der Waals surface area contributed by atoms with Gasteiger partial charge in [-0.05, 0) is 38.1 Å². The highest BCUT2D eigenvalue weighted by Gasteiger charge is 2.26.